The highest BCUT2D eigenvalue weighted by Crippen LogP contribution is 2.25. The van der Waals surface area contributed by atoms with Crippen molar-refractivity contribution in [2.24, 2.45) is 5.92 Å². The number of carbonyl (C=O) groups excluding carboxylic acids is 1. The number of rotatable bonds is 12. The van der Waals surface area contributed by atoms with Gasteiger partial charge in [0.15, 0.2) is 0 Å². The summed E-state index contributed by atoms with van der Waals surface area (Å²) >= 11 is 0. The van der Waals surface area contributed by atoms with Crippen molar-refractivity contribution in [1.82, 2.24) is 4.98 Å². The Labute approximate surface area is 157 Å². The second-order valence-electron chi connectivity index (χ2n) is 7.02. The Morgan fingerprint density at radius 2 is 2.00 bits per heavy atom. The standard InChI is InChI=1S/C20H34N2O4/c1-7-9-26-20(6,13-15(3)4)19(23)22-17-12-16(5)18(21-14-17)25-11-10-24-8-2/h12,14-15H,7-11,13H2,1-6H3,(H,22,23)/t20-/m0/s1. The van der Waals surface area contributed by atoms with Crippen molar-refractivity contribution < 1.29 is 19.0 Å². The summed E-state index contributed by atoms with van der Waals surface area (Å²) in [4.78, 5) is 17.1. The summed E-state index contributed by atoms with van der Waals surface area (Å²) in [5, 5.41) is 2.93. The molecule has 0 bridgehead atoms. The molecule has 0 aliphatic rings. The van der Waals surface area contributed by atoms with Crippen LogP contribution in [0.5, 0.6) is 5.88 Å². The minimum absolute atomic E-state index is 0.147. The Morgan fingerprint density at radius 3 is 2.58 bits per heavy atom. The molecule has 6 nitrogen and oxygen atoms in total. The monoisotopic (exact) mass is 366 g/mol. The maximum Gasteiger partial charge on any atom is 0.256 e. The van der Waals surface area contributed by atoms with Crippen molar-refractivity contribution in [3.63, 3.8) is 0 Å². The topological polar surface area (TPSA) is 69.7 Å². The first-order valence-electron chi connectivity index (χ1n) is 9.45. The normalized spacial score (nSPS) is 13.5. The van der Waals surface area contributed by atoms with Crippen molar-refractivity contribution in [2.45, 2.75) is 60.0 Å². The molecule has 26 heavy (non-hydrogen) atoms. The number of aromatic nitrogens is 1. The van der Waals surface area contributed by atoms with Gasteiger partial charge in [-0.1, -0.05) is 20.8 Å². The van der Waals surface area contributed by atoms with Crippen molar-refractivity contribution in [2.75, 3.05) is 31.7 Å². The highest BCUT2D eigenvalue weighted by Gasteiger charge is 2.35. The van der Waals surface area contributed by atoms with E-state index in [9.17, 15) is 4.79 Å². The second kappa shape index (κ2) is 11.1. The van der Waals surface area contributed by atoms with E-state index in [1.54, 1.807) is 6.20 Å². The molecule has 1 aromatic heterocycles. The van der Waals surface area contributed by atoms with Crippen LogP contribution in [-0.2, 0) is 14.3 Å². The van der Waals surface area contributed by atoms with Gasteiger partial charge in [-0.2, -0.15) is 0 Å². The maximum absolute atomic E-state index is 12.8. The maximum atomic E-state index is 12.8. The van der Waals surface area contributed by atoms with Crippen LogP contribution in [0.3, 0.4) is 0 Å². The summed E-state index contributed by atoms with van der Waals surface area (Å²) in [6.07, 6.45) is 3.13. The molecule has 1 atom stereocenters. The first-order valence-corrected chi connectivity index (χ1v) is 9.45. The van der Waals surface area contributed by atoms with Crippen LogP contribution in [0.15, 0.2) is 12.3 Å². The van der Waals surface area contributed by atoms with E-state index in [0.717, 1.165) is 12.0 Å². The molecule has 0 radical (unpaired) electrons. The second-order valence-corrected chi connectivity index (χ2v) is 7.02. The zero-order chi connectivity index (χ0) is 19.6. The van der Waals surface area contributed by atoms with E-state index in [1.807, 2.05) is 33.8 Å². The number of ether oxygens (including phenoxy) is 3. The predicted octanol–water partition coefficient (Wildman–Crippen LogP) is 3.98. The third-order valence-electron chi connectivity index (χ3n) is 3.86. The number of carbonyl (C=O) groups is 1. The fourth-order valence-corrected chi connectivity index (χ4v) is 2.71. The van der Waals surface area contributed by atoms with Crippen LogP contribution >= 0.6 is 0 Å². The lowest BCUT2D eigenvalue weighted by Gasteiger charge is -2.30. The number of anilines is 1. The number of nitrogens with one attached hydrogen (secondary N) is 1. The van der Waals surface area contributed by atoms with E-state index in [1.165, 1.54) is 0 Å². The quantitative estimate of drug-likeness (QED) is 0.567. The molecule has 1 aromatic rings. The van der Waals surface area contributed by atoms with E-state index in [-0.39, 0.29) is 5.91 Å². The molecule has 0 aromatic carbocycles. The fraction of sp³-hybridized carbons (Fsp3) is 0.700. The molecule has 1 amide bonds. The molecule has 1 rings (SSSR count). The van der Waals surface area contributed by atoms with Crippen molar-refractivity contribution in [3.05, 3.63) is 17.8 Å². The minimum Gasteiger partial charge on any atom is -0.475 e. The molecule has 0 saturated carbocycles. The summed E-state index contributed by atoms with van der Waals surface area (Å²) in [7, 11) is 0. The van der Waals surface area contributed by atoms with Gasteiger partial charge in [0, 0.05) is 18.8 Å². The lowest BCUT2D eigenvalue weighted by atomic mass is 9.93. The van der Waals surface area contributed by atoms with Gasteiger partial charge in [0.05, 0.1) is 18.5 Å². The Balaban J connectivity index is 2.75. The van der Waals surface area contributed by atoms with Gasteiger partial charge in [0.25, 0.3) is 5.91 Å². The summed E-state index contributed by atoms with van der Waals surface area (Å²) < 4.78 is 16.7. The van der Waals surface area contributed by atoms with Crippen LogP contribution < -0.4 is 10.1 Å². The lowest BCUT2D eigenvalue weighted by Crippen LogP contribution is -2.44. The van der Waals surface area contributed by atoms with Gasteiger partial charge in [0.1, 0.15) is 12.2 Å². The molecular weight excluding hydrogens is 332 g/mol. The Hall–Kier alpha value is -1.66. The van der Waals surface area contributed by atoms with E-state index >= 15 is 0 Å². The van der Waals surface area contributed by atoms with Crippen LogP contribution in [-0.4, -0.2) is 42.9 Å². The molecule has 6 heteroatoms. The average molecular weight is 367 g/mol. The Morgan fingerprint density at radius 1 is 1.27 bits per heavy atom. The van der Waals surface area contributed by atoms with Gasteiger partial charge in [-0.05, 0) is 45.6 Å². The van der Waals surface area contributed by atoms with Gasteiger partial charge >= 0.3 is 0 Å². The van der Waals surface area contributed by atoms with E-state index in [2.05, 4.69) is 24.1 Å². The van der Waals surface area contributed by atoms with E-state index in [0.29, 0.717) is 50.3 Å². The van der Waals surface area contributed by atoms with Gasteiger partial charge in [-0.3, -0.25) is 4.79 Å². The molecule has 148 valence electrons. The van der Waals surface area contributed by atoms with E-state index in [4.69, 9.17) is 14.2 Å². The number of amides is 1. The Bertz CT molecular complexity index is 563. The predicted molar refractivity (Wildman–Crippen MR) is 104 cm³/mol. The van der Waals surface area contributed by atoms with E-state index < -0.39 is 5.60 Å². The lowest BCUT2D eigenvalue weighted by molar-refractivity contribution is -0.141. The molecule has 1 N–H and O–H groups in total. The highest BCUT2D eigenvalue weighted by atomic mass is 16.5. The van der Waals surface area contributed by atoms with Crippen LogP contribution in [0.2, 0.25) is 0 Å². The van der Waals surface area contributed by atoms with Crippen molar-refractivity contribution >= 4 is 11.6 Å². The fourth-order valence-electron chi connectivity index (χ4n) is 2.71. The van der Waals surface area contributed by atoms with Gasteiger partial charge in [0.2, 0.25) is 5.88 Å². The molecule has 0 aliphatic carbocycles. The first kappa shape index (κ1) is 22.4. The number of nitrogens with zero attached hydrogens (tertiary/aromatic N) is 1. The third-order valence-corrected chi connectivity index (χ3v) is 3.86. The molecule has 0 spiro atoms. The number of aryl methyl sites for hydroxylation is 1. The molecular formula is C20H34N2O4. The van der Waals surface area contributed by atoms with Gasteiger partial charge in [-0.25, -0.2) is 4.98 Å². The molecule has 0 fully saturated rings. The summed E-state index contributed by atoms with van der Waals surface area (Å²) in [5.74, 6) is 0.754. The van der Waals surface area contributed by atoms with Gasteiger partial charge < -0.3 is 19.5 Å². The van der Waals surface area contributed by atoms with Crippen molar-refractivity contribution in [3.8, 4) is 5.88 Å². The van der Waals surface area contributed by atoms with Crippen LogP contribution in [0.4, 0.5) is 5.69 Å². The summed E-state index contributed by atoms with van der Waals surface area (Å²) in [5.41, 5.74) is 0.643. The zero-order valence-electron chi connectivity index (χ0n) is 17.1. The zero-order valence-corrected chi connectivity index (χ0v) is 17.1. The smallest absolute Gasteiger partial charge is 0.256 e. The van der Waals surface area contributed by atoms with Crippen LogP contribution in [0.1, 0.15) is 53.0 Å². The summed E-state index contributed by atoms with van der Waals surface area (Å²) in [6, 6.07) is 1.86. The van der Waals surface area contributed by atoms with Gasteiger partial charge in [-0.15, -0.1) is 0 Å². The van der Waals surface area contributed by atoms with Crippen molar-refractivity contribution in [1.29, 1.82) is 0 Å². The molecule has 1 heterocycles. The SMILES string of the molecule is CCCO[C@@](C)(CC(C)C)C(=O)Nc1cnc(OCCOCC)c(C)c1. The number of hydrogen-bond acceptors (Lipinski definition) is 5. The molecule has 0 unspecified atom stereocenters. The third kappa shape index (κ3) is 7.30. The highest BCUT2D eigenvalue weighted by molar-refractivity contribution is 5.97. The van der Waals surface area contributed by atoms with Crippen LogP contribution in [0, 0.1) is 12.8 Å². The largest absolute Gasteiger partial charge is 0.475 e. The number of hydrogen-bond donors (Lipinski definition) is 1. The minimum atomic E-state index is -0.856. The molecule has 0 saturated heterocycles. The Kier molecular flexibility index (Phi) is 9.59. The van der Waals surface area contributed by atoms with Crippen LogP contribution in [0.25, 0.3) is 0 Å². The molecule has 0 aliphatic heterocycles. The average Bonchev–Trinajstić information content (AvgIpc) is 2.58. The number of pyridine rings is 1. The summed E-state index contributed by atoms with van der Waals surface area (Å²) in [6.45, 7) is 14.1. The first-order chi connectivity index (χ1) is 12.3.